The normalized spacial score (nSPS) is 22.3. The molecule has 1 fully saturated rings. The van der Waals surface area contributed by atoms with Crippen LogP contribution in [0.1, 0.15) is 12.0 Å². The number of hydrogen-bond acceptors (Lipinski definition) is 4. The minimum atomic E-state index is -1.17. The molecule has 1 aliphatic rings. The third-order valence-electron chi connectivity index (χ3n) is 2.92. The number of rotatable bonds is 2. The maximum absolute atomic E-state index is 12.1. The van der Waals surface area contributed by atoms with Crippen molar-refractivity contribution < 1.29 is 19.1 Å². The van der Waals surface area contributed by atoms with E-state index < -0.39 is 23.3 Å². The molecule has 1 aromatic rings. The largest absolute Gasteiger partial charge is 0.464 e. The summed E-state index contributed by atoms with van der Waals surface area (Å²) in [5.41, 5.74) is 4.38. The maximum atomic E-state index is 12.1. The van der Waals surface area contributed by atoms with Crippen LogP contribution in [-0.4, -0.2) is 24.5 Å². The molecule has 1 aromatic carbocycles. The first kappa shape index (κ1) is 12.1. The van der Waals surface area contributed by atoms with Gasteiger partial charge in [-0.2, -0.15) is 0 Å². The molecular weight excluding hydrogens is 236 g/mol. The lowest BCUT2D eigenvalue weighted by atomic mass is 9.79. The minimum absolute atomic E-state index is 0.0883. The molecule has 94 valence electrons. The van der Waals surface area contributed by atoms with Gasteiger partial charge in [0.25, 0.3) is 0 Å². The summed E-state index contributed by atoms with van der Waals surface area (Å²) in [4.78, 5) is 34.2. The first-order valence-electron chi connectivity index (χ1n) is 5.37. The van der Waals surface area contributed by atoms with E-state index in [1.165, 1.54) is 0 Å². The molecule has 1 saturated heterocycles. The van der Waals surface area contributed by atoms with Gasteiger partial charge in [-0.15, -0.1) is 0 Å². The molecule has 1 aliphatic heterocycles. The van der Waals surface area contributed by atoms with Gasteiger partial charge < -0.3 is 10.5 Å². The van der Waals surface area contributed by atoms with Crippen LogP contribution in [0, 0.1) is 0 Å². The van der Waals surface area contributed by atoms with Crippen LogP contribution in [0.25, 0.3) is 0 Å². The van der Waals surface area contributed by atoms with Gasteiger partial charge in [-0.3, -0.25) is 14.9 Å². The Morgan fingerprint density at radius 1 is 1.28 bits per heavy atom. The minimum Gasteiger partial charge on any atom is -0.464 e. The van der Waals surface area contributed by atoms with Gasteiger partial charge in [-0.05, 0) is 5.56 Å². The molecule has 1 heterocycles. The average Bonchev–Trinajstić information content (AvgIpc) is 2.73. The van der Waals surface area contributed by atoms with Crippen LogP contribution in [0.3, 0.4) is 0 Å². The number of carbonyl (C=O) groups is 3. The van der Waals surface area contributed by atoms with Crippen LogP contribution in [0.15, 0.2) is 30.3 Å². The summed E-state index contributed by atoms with van der Waals surface area (Å²) in [5, 5.41) is 2.01. The average molecular weight is 248 g/mol. The van der Waals surface area contributed by atoms with E-state index in [4.69, 9.17) is 10.5 Å². The predicted molar refractivity (Wildman–Crippen MR) is 61.4 cm³/mol. The van der Waals surface area contributed by atoms with E-state index in [1.807, 2.05) is 5.32 Å². The fourth-order valence-electron chi connectivity index (χ4n) is 2.00. The van der Waals surface area contributed by atoms with Crippen LogP contribution in [-0.2, 0) is 19.7 Å². The summed E-state index contributed by atoms with van der Waals surface area (Å²) in [5.74, 6) is -1.09. The lowest BCUT2D eigenvalue weighted by Gasteiger charge is -2.24. The highest BCUT2D eigenvalue weighted by Crippen LogP contribution is 2.34. The van der Waals surface area contributed by atoms with Crippen molar-refractivity contribution in [3.63, 3.8) is 0 Å². The second kappa shape index (κ2) is 4.48. The third kappa shape index (κ3) is 2.04. The van der Waals surface area contributed by atoms with Crippen molar-refractivity contribution in [3.05, 3.63) is 35.9 Å². The molecule has 0 spiro atoms. The van der Waals surface area contributed by atoms with E-state index >= 15 is 0 Å². The number of nitrogens with one attached hydrogen (secondary N) is 1. The highest BCUT2D eigenvalue weighted by Gasteiger charge is 2.48. The molecule has 0 saturated carbocycles. The zero-order chi connectivity index (χ0) is 13.2. The summed E-state index contributed by atoms with van der Waals surface area (Å²) < 4.78 is 4.87. The highest BCUT2D eigenvalue weighted by molar-refractivity contribution is 6.02. The fourth-order valence-corrected chi connectivity index (χ4v) is 2.00. The van der Waals surface area contributed by atoms with Gasteiger partial charge in [0.1, 0.15) is 12.0 Å². The quantitative estimate of drug-likeness (QED) is 0.723. The van der Waals surface area contributed by atoms with Gasteiger partial charge in [0.2, 0.25) is 5.91 Å². The number of amides is 3. The number of ether oxygens (including phenoxy) is 1. The van der Waals surface area contributed by atoms with Gasteiger partial charge in [0.15, 0.2) is 0 Å². The van der Waals surface area contributed by atoms with E-state index in [9.17, 15) is 14.4 Å². The molecule has 3 amide bonds. The number of primary amides is 1. The second-order valence-corrected chi connectivity index (χ2v) is 4.10. The van der Waals surface area contributed by atoms with Crippen molar-refractivity contribution in [2.24, 2.45) is 5.73 Å². The lowest BCUT2D eigenvalue weighted by molar-refractivity contribution is -0.137. The summed E-state index contributed by atoms with van der Waals surface area (Å²) in [6.07, 6.45) is -0.101. The molecule has 1 unspecified atom stereocenters. The Balaban J connectivity index is 2.39. The highest BCUT2D eigenvalue weighted by atomic mass is 16.5. The zero-order valence-electron chi connectivity index (χ0n) is 9.51. The Hall–Kier alpha value is -2.37. The summed E-state index contributed by atoms with van der Waals surface area (Å²) in [7, 11) is 0. The van der Waals surface area contributed by atoms with E-state index in [0.29, 0.717) is 5.56 Å². The maximum Gasteiger partial charge on any atom is 0.318 e. The zero-order valence-corrected chi connectivity index (χ0v) is 9.51. The molecule has 0 radical (unpaired) electrons. The standard InChI is InChI=1S/C12H12N2O4/c13-11(17)14-10(16)12(6-9(15)18-7-12)8-4-2-1-3-5-8/h1-5H,6-7H2,(H3,13,14,16,17). The van der Waals surface area contributed by atoms with E-state index in [2.05, 4.69) is 0 Å². The Bertz CT molecular complexity index is 500. The monoisotopic (exact) mass is 248 g/mol. The number of esters is 1. The van der Waals surface area contributed by atoms with Crippen molar-refractivity contribution in [2.45, 2.75) is 11.8 Å². The van der Waals surface area contributed by atoms with Crippen LogP contribution in [0.4, 0.5) is 4.79 Å². The van der Waals surface area contributed by atoms with Crippen LogP contribution in [0.2, 0.25) is 0 Å². The molecule has 2 rings (SSSR count). The topological polar surface area (TPSA) is 98.5 Å². The molecule has 6 heteroatoms. The Morgan fingerprint density at radius 2 is 1.94 bits per heavy atom. The van der Waals surface area contributed by atoms with Gasteiger partial charge in [0.05, 0.1) is 6.42 Å². The van der Waals surface area contributed by atoms with Gasteiger partial charge >= 0.3 is 12.0 Å². The van der Waals surface area contributed by atoms with E-state index in [0.717, 1.165) is 0 Å². The third-order valence-corrected chi connectivity index (χ3v) is 2.92. The van der Waals surface area contributed by atoms with Gasteiger partial charge in [-0.25, -0.2) is 4.79 Å². The number of cyclic esters (lactones) is 1. The SMILES string of the molecule is NC(=O)NC(=O)C1(c2ccccc2)COC(=O)C1. The Labute approximate surface area is 103 Å². The second-order valence-electron chi connectivity index (χ2n) is 4.10. The van der Waals surface area contributed by atoms with Crippen molar-refractivity contribution in [1.29, 1.82) is 0 Å². The van der Waals surface area contributed by atoms with Crippen molar-refractivity contribution in [1.82, 2.24) is 5.32 Å². The first-order valence-corrected chi connectivity index (χ1v) is 5.37. The van der Waals surface area contributed by atoms with Crippen LogP contribution < -0.4 is 11.1 Å². The van der Waals surface area contributed by atoms with E-state index in [-0.39, 0.29) is 13.0 Å². The number of benzene rings is 1. The van der Waals surface area contributed by atoms with Crippen LogP contribution in [0.5, 0.6) is 0 Å². The Morgan fingerprint density at radius 3 is 2.44 bits per heavy atom. The first-order chi connectivity index (χ1) is 8.54. The van der Waals surface area contributed by atoms with Crippen LogP contribution >= 0.6 is 0 Å². The summed E-state index contributed by atoms with van der Waals surface area (Å²) in [6, 6.07) is 7.76. The molecule has 6 nitrogen and oxygen atoms in total. The van der Waals surface area contributed by atoms with Gasteiger partial charge in [-0.1, -0.05) is 30.3 Å². The molecule has 0 bridgehead atoms. The number of hydrogen-bond donors (Lipinski definition) is 2. The molecule has 3 N–H and O–H groups in total. The smallest absolute Gasteiger partial charge is 0.318 e. The number of urea groups is 1. The van der Waals surface area contributed by atoms with Gasteiger partial charge in [0, 0.05) is 0 Å². The van der Waals surface area contributed by atoms with Crippen molar-refractivity contribution >= 4 is 17.9 Å². The lowest BCUT2D eigenvalue weighted by Crippen LogP contribution is -2.49. The molecule has 18 heavy (non-hydrogen) atoms. The number of carbonyl (C=O) groups excluding carboxylic acids is 3. The van der Waals surface area contributed by atoms with Crippen molar-refractivity contribution in [3.8, 4) is 0 Å². The Kier molecular flexibility index (Phi) is 3.01. The number of nitrogens with two attached hydrogens (primary N) is 1. The fraction of sp³-hybridized carbons (Fsp3) is 0.250. The van der Waals surface area contributed by atoms with Crippen molar-refractivity contribution in [2.75, 3.05) is 6.61 Å². The summed E-state index contributed by atoms with van der Waals surface area (Å²) >= 11 is 0. The molecular formula is C12H12N2O4. The predicted octanol–water partition coefficient (Wildman–Crippen LogP) is 0.0662. The molecule has 0 aromatic heterocycles. The number of imide groups is 1. The summed E-state index contributed by atoms with van der Waals surface area (Å²) in [6.45, 7) is -0.0883. The molecule has 1 atom stereocenters. The molecule has 0 aliphatic carbocycles. The van der Waals surface area contributed by atoms with E-state index in [1.54, 1.807) is 30.3 Å².